The van der Waals surface area contributed by atoms with Gasteiger partial charge in [-0.2, -0.15) is 0 Å². The highest BCUT2D eigenvalue weighted by Gasteiger charge is 2.10. The Kier molecular flexibility index (Phi) is 6.59. The third-order valence-electron chi connectivity index (χ3n) is 4.18. The molecule has 134 valence electrons. The van der Waals surface area contributed by atoms with Crippen LogP contribution in [0.3, 0.4) is 0 Å². The molecule has 0 atom stereocenters. The van der Waals surface area contributed by atoms with E-state index in [4.69, 9.17) is 0 Å². The van der Waals surface area contributed by atoms with Crippen LogP contribution in [0.4, 0.5) is 11.4 Å². The summed E-state index contributed by atoms with van der Waals surface area (Å²) in [4.78, 5) is 16.6. The van der Waals surface area contributed by atoms with Crippen molar-refractivity contribution in [1.29, 1.82) is 0 Å². The molecule has 0 saturated heterocycles. The van der Waals surface area contributed by atoms with Gasteiger partial charge in [0.15, 0.2) is 0 Å². The van der Waals surface area contributed by atoms with Crippen LogP contribution in [0.5, 0.6) is 0 Å². The maximum Gasteiger partial charge on any atom is 0.238 e. The lowest BCUT2D eigenvalue weighted by Gasteiger charge is -2.21. The molecule has 1 amide bonds. The molecule has 0 heterocycles. The molecule has 0 aliphatic carbocycles. The summed E-state index contributed by atoms with van der Waals surface area (Å²) in [5, 5.41) is 3.01. The number of hydrogen-bond acceptors (Lipinski definition) is 3. The van der Waals surface area contributed by atoms with Crippen LogP contribution in [0.1, 0.15) is 23.6 Å². The number of hydrogen-bond donors (Lipinski definition) is 1. The van der Waals surface area contributed by atoms with Gasteiger partial charge in [-0.05, 0) is 61.3 Å². The molecule has 0 aliphatic heterocycles. The highest BCUT2D eigenvalue weighted by molar-refractivity contribution is 5.92. The number of carbonyl (C=O) groups excluding carboxylic acids is 1. The summed E-state index contributed by atoms with van der Waals surface area (Å²) in [6.07, 6.45) is 0. The number of nitrogens with one attached hydrogen (secondary N) is 1. The van der Waals surface area contributed by atoms with Crippen LogP contribution in [0.25, 0.3) is 0 Å². The number of benzene rings is 2. The third-order valence-corrected chi connectivity index (χ3v) is 4.18. The van der Waals surface area contributed by atoms with Gasteiger partial charge in [0.25, 0.3) is 0 Å². The first kappa shape index (κ1) is 19.0. The molecular formula is C21H29N3O. The molecule has 0 aromatic heterocycles. The van der Waals surface area contributed by atoms with Crippen molar-refractivity contribution in [3.05, 3.63) is 59.2 Å². The molecule has 2 aromatic rings. The van der Waals surface area contributed by atoms with E-state index < -0.39 is 0 Å². The fourth-order valence-electron chi connectivity index (χ4n) is 2.89. The van der Waals surface area contributed by atoms with Gasteiger partial charge in [0.05, 0.1) is 6.54 Å². The number of aryl methyl sites for hydroxylation is 2. The average molecular weight is 339 g/mol. The van der Waals surface area contributed by atoms with Crippen molar-refractivity contribution in [2.75, 3.05) is 37.4 Å². The Morgan fingerprint density at radius 1 is 1.00 bits per heavy atom. The Hall–Kier alpha value is -2.33. The highest BCUT2D eigenvalue weighted by atomic mass is 16.2. The Bertz CT molecular complexity index is 687. The van der Waals surface area contributed by atoms with Gasteiger partial charge in [-0.25, -0.2) is 0 Å². The maximum atomic E-state index is 12.4. The minimum atomic E-state index is 0.0248. The van der Waals surface area contributed by atoms with Crippen molar-refractivity contribution in [3.63, 3.8) is 0 Å². The van der Waals surface area contributed by atoms with E-state index in [-0.39, 0.29) is 5.91 Å². The fourth-order valence-corrected chi connectivity index (χ4v) is 2.89. The topological polar surface area (TPSA) is 35.6 Å². The van der Waals surface area contributed by atoms with Crippen molar-refractivity contribution >= 4 is 17.3 Å². The molecule has 25 heavy (non-hydrogen) atoms. The first-order valence-electron chi connectivity index (χ1n) is 8.74. The molecule has 0 saturated carbocycles. The van der Waals surface area contributed by atoms with Crippen molar-refractivity contribution in [2.24, 2.45) is 0 Å². The Labute approximate surface area is 151 Å². The first-order valence-corrected chi connectivity index (χ1v) is 8.74. The Morgan fingerprint density at radius 3 is 2.12 bits per heavy atom. The summed E-state index contributed by atoms with van der Waals surface area (Å²) in [5.41, 5.74) is 5.58. The summed E-state index contributed by atoms with van der Waals surface area (Å²) in [5.74, 6) is 0.0248. The van der Waals surface area contributed by atoms with Gasteiger partial charge in [-0.15, -0.1) is 0 Å². The van der Waals surface area contributed by atoms with E-state index in [9.17, 15) is 4.79 Å². The second-order valence-electron chi connectivity index (χ2n) is 6.79. The van der Waals surface area contributed by atoms with E-state index >= 15 is 0 Å². The SMILES string of the molecule is CCN(CC(=O)Nc1cc(C)cc(C)c1)Cc1ccc(N(C)C)cc1. The van der Waals surface area contributed by atoms with Gasteiger partial charge < -0.3 is 10.2 Å². The maximum absolute atomic E-state index is 12.4. The number of rotatable bonds is 7. The molecule has 0 radical (unpaired) electrons. The number of anilines is 2. The van der Waals surface area contributed by atoms with Crippen LogP contribution < -0.4 is 10.2 Å². The van der Waals surface area contributed by atoms with Gasteiger partial charge in [0.2, 0.25) is 5.91 Å². The van der Waals surface area contributed by atoms with E-state index in [0.29, 0.717) is 6.54 Å². The lowest BCUT2D eigenvalue weighted by atomic mass is 10.1. The largest absolute Gasteiger partial charge is 0.378 e. The molecule has 1 N–H and O–H groups in total. The average Bonchev–Trinajstić information content (AvgIpc) is 2.53. The normalized spacial score (nSPS) is 10.8. The number of carbonyl (C=O) groups is 1. The van der Waals surface area contributed by atoms with Crippen LogP contribution in [-0.2, 0) is 11.3 Å². The predicted molar refractivity (Wildman–Crippen MR) is 106 cm³/mol. The molecule has 4 nitrogen and oxygen atoms in total. The van der Waals surface area contributed by atoms with E-state index in [1.54, 1.807) is 0 Å². The second kappa shape index (κ2) is 8.67. The van der Waals surface area contributed by atoms with Crippen molar-refractivity contribution in [1.82, 2.24) is 4.90 Å². The Morgan fingerprint density at radius 2 is 1.60 bits per heavy atom. The van der Waals surface area contributed by atoms with Gasteiger partial charge >= 0.3 is 0 Å². The van der Waals surface area contributed by atoms with Gasteiger partial charge in [-0.1, -0.05) is 25.1 Å². The number of nitrogens with zero attached hydrogens (tertiary/aromatic N) is 2. The molecule has 2 rings (SSSR count). The van der Waals surface area contributed by atoms with E-state index in [0.717, 1.165) is 29.9 Å². The van der Waals surface area contributed by atoms with Crippen molar-refractivity contribution in [2.45, 2.75) is 27.3 Å². The molecular weight excluding hydrogens is 310 g/mol. The monoisotopic (exact) mass is 339 g/mol. The molecule has 0 unspecified atom stereocenters. The van der Waals surface area contributed by atoms with Crippen LogP contribution in [-0.4, -0.2) is 38.0 Å². The molecule has 0 aliphatic rings. The lowest BCUT2D eigenvalue weighted by molar-refractivity contribution is -0.117. The van der Waals surface area contributed by atoms with E-state index in [1.165, 1.54) is 11.3 Å². The smallest absolute Gasteiger partial charge is 0.238 e. The minimum absolute atomic E-state index is 0.0248. The predicted octanol–water partition coefficient (Wildman–Crippen LogP) is 3.83. The van der Waals surface area contributed by atoms with Gasteiger partial charge in [0, 0.05) is 32.0 Å². The minimum Gasteiger partial charge on any atom is -0.378 e. The zero-order chi connectivity index (χ0) is 18.4. The zero-order valence-electron chi connectivity index (χ0n) is 16.0. The standard InChI is InChI=1S/C21H29N3O/c1-6-24(14-18-7-9-20(10-8-18)23(4)5)15-21(25)22-19-12-16(2)11-17(3)13-19/h7-13H,6,14-15H2,1-5H3,(H,22,25). The number of likely N-dealkylation sites (N-methyl/N-ethyl adjacent to an activating group) is 1. The summed E-state index contributed by atoms with van der Waals surface area (Å²) < 4.78 is 0. The molecule has 4 heteroatoms. The summed E-state index contributed by atoms with van der Waals surface area (Å²) in [6, 6.07) is 14.6. The summed E-state index contributed by atoms with van der Waals surface area (Å²) in [7, 11) is 4.06. The third kappa shape index (κ3) is 5.91. The fraction of sp³-hybridized carbons (Fsp3) is 0.381. The van der Waals surface area contributed by atoms with Crippen LogP contribution in [0.2, 0.25) is 0 Å². The van der Waals surface area contributed by atoms with Crippen molar-refractivity contribution < 1.29 is 4.79 Å². The van der Waals surface area contributed by atoms with Crippen molar-refractivity contribution in [3.8, 4) is 0 Å². The van der Waals surface area contributed by atoms with Gasteiger partial charge in [-0.3, -0.25) is 9.69 Å². The lowest BCUT2D eigenvalue weighted by Crippen LogP contribution is -2.32. The Balaban J connectivity index is 1.95. The molecule has 2 aromatic carbocycles. The van der Waals surface area contributed by atoms with Crippen LogP contribution in [0, 0.1) is 13.8 Å². The zero-order valence-corrected chi connectivity index (χ0v) is 16.0. The first-order chi connectivity index (χ1) is 11.9. The molecule has 0 fully saturated rings. The van der Waals surface area contributed by atoms with E-state index in [2.05, 4.69) is 52.4 Å². The highest BCUT2D eigenvalue weighted by Crippen LogP contribution is 2.15. The van der Waals surface area contributed by atoms with E-state index in [1.807, 2.05) is 40.1 Å². The quantitative estimate of drug-likeness (QED) is 0.833. The van der Waals surface area contributed by atoms with Crippen LogP contribution in [0.15, 0.2) is 42.5 Å². The summed E-state index contributed by atoms with van der Waals surface area (Å²) >= 11 is 0. The van der Waals surface area contributed by atoms with Gasteiger partial charge in [0.1, 0.15) is 0 Å². The summed E-state index contributed by atoms with van der Waals surface area (Å²) in [6.45, 7) is 8.15. The second-order valence-corrected chi connectivity index (χ2v) is 6.79. The molecule has 0 spiro atoms. The van der Waals surface area contributed by atoms with Crippen LogP contribution >= 0.6 is 0 Å². The molecule has 0 bridgehead atoms. The number of amides is 1.